The number of nitrogens with zero attached hydrogens (tertiary/aromatic N) is 2. The van der Waals surface area contributed by atoms with Crippen molar-refractivity contribution in [3.63, 3.8) is 0 Å². The summed E-state index contributed by atoms with van der Waals surface area (Å²) in [4.78, 5) is 8.84. The van der Waals surface area contributed by atoms with E-state index in [1.807, 2.05) is 24.3 Å². The topological polar surface area (TPSA) is 91.5 Å². The van der Waals surface area contributed by atoms with Gasteiger partial charge in [-0.1, -0.05) is 12.1 Å². The van der Waals surface area contributed by atoms with Crippen LogP contribution in [0.5, 0.6) is 17.2 Å². The Hall–Kier alpha value is -3.48. The molecule has 1 aromatic heterocycles. The summed E-state index contributed by atoms with van der Waals surface area (Å²) in [6, 6.07) is 11.1. The fraction of sp³-hybridized carbons (Fsp3) is 0.158. The first kappa shape index (κ1) is 17.3. The number of nitrogen functional groups attached to an aromatic ring is 1. The molecule has 0 unspecified atom stereocenters. The standard InChI is InChI=1S/C19H20N4O3/c1-24-16-8-14(9-17(25-2)19(16)26-3)22-18-11-21-10-15(23-18)12-5-4-6-13(20)7-12/h4-11H,20H2,1-3H3,(H,22,23). The zero-order valence-corrected chi connectivity index (χ0v) is 14.8. The minimum absolute atomic E-state index is 0.528. The number of hydrogen-bond acceptors (Lipinski definition) is 7. The molecule has 26 heavy (non-hydrogen) atoms. The van der Waals surface area contributed by atoms with Crippen molar-refractivity contribution in [2.45, 2.75) is 0 Å². The molecular formula is C19H20N4O3. The molecule has 0 atom stereocenters. The van der Waals surface area contributed by atoms with Gasteiger partial charge in [0, 0.05) is 29.1 Å². The lowest BCUT2D eigenvalue weighted by Gasteiger charge is -2.15. The summed E-state index contributed by atoms with van der Waals surface area (Å²) >= 11 is 0. The van der Waals surface area contributed by atoms with Gasteiger partial charge >= 0.3 is 0 Å². The summed E-state index contributed by atoms with van der Waals surface area (Å²) in [7, 11) is 4.70. The summed E-state index contributed by atoms with van der Waals surface area (Å²) < 4.78 is 16.1. The second-order valence-electron chi connectivity index (χ2n) is 5.45. The zero-order chi connectivity index (χ0) is 18.5. The van der Waals surface area contributed by atoms with Crippen molar-refractivity contribution < 1.29 is 14.2 Å². The zero-order valence-electron chi connectivity index (χ0n) is 14.8. The van der Waals surface area contributed by atoms with E-state index in [1.165, 1.54) is 0 Å². The summed E-state index contributed by atoms with van der Waals surface area (Å²) in [5.41, 5.74) is 8.87. The Morgan fingerprint density at radius 2 is 1.65 bits per heavy atom. The van der Waals surface area contributed by atoms with Crippen LogP contribution in [-0.4, -0.2) is 31.3 Å². The van der Waals surface area contributed by atoms with E-state index >= 15 is 0 Å². The molecule has 0 aliphatic carbocycles. The molecule has 2 aromatic carbocycles. The SMILES string of the molecule is COc1cc(Nc2cncc(-c3cccc(N)c3)n2)cc(OC)c1OC. The van der Waals surface area contributed by atoms with Crippen molar-refractivity contribution >= 4 is 17.2 Å². The number of nitrogens with one attached hydrogen (secondary N) is 1. The molecule has 0 aliphatic rings. The van der Waals surface area contributed by atoms with E-state index in [1.54, 1.807) is 45.9 Å². The van der Waals surface area contributed by atoms with Gasteiger partial charge in [0.05, 0.1) is 39.4 Å². The molecule has 7 nitrogen and oxygen atoms in total. The van der Waals surface area contributed by atoms with Gasteiger partial charge in [-0.15, -0.1) is 0 Å². The highest BCUT2D eigenvalue weighted by Crippen LogP contribution is 2.40. The highest BCUT2D eigenvalue weighted by Gasteiger charge is 2.13. The van der Waals surface area contributed by atoms with Crippen LogP contribution in [0.15, 0.2) is 48.8 Å². The molecule has 0 amide bonds. The van der Waals surface area contributed by atoms with Crippen LogP contribution in [-0.2, 0) is 0 Å². The Bertz CT molecular complexity index is 890. The number of hydrogen-bond donors (Lipinski definition) is 2. The molecule has 3 rings (SSSR count). The van der Waals surface area contributed by atoms with Crippen molar-refractivity contribution in [1.82, 2.24) is 9.97 Å². The minimum Gasteiger partial charge on any atom is -0.493 e. The first-order chi connectivity index (χ1) is 12.6. The van der Waals surface area contributed by atoms with Crippen LogP contribution in [0.1, 0.15) is 0 Å². The molecule has 0 radical (unpaired) electrons. The second-order valence-corrected chi connectivity index (χ2v) is 5.45. The first-order valence-electron chi connectivity index (χ1n) is 7.89. The normalized spacial score (nSPS) is 10.3. The van der Waals surface area contributed by atoms with Gasteiger partial charge in [0.25, 0.3) is 0 Å². The van der Waals surface area contributed by atoms with E-state index in [9.17, 15) is 0 Å². The smallest absolute Gasteiger partial charge is 0.203 e. The van der Waals surface area contributed by atoms with Crippen LogP contribution in [0.25, 0.3) is 11.3 Å². The maximum Gasteiger partial charge on any atom is 0.203 e. The summed E-state index contributed by atoms with van der Waals surface area (Å²) in [5, 5.41) is 3.21. The molecule has 1 heterocycles. The Balaban J connectivity index is 1.93. The van der Waals surface area contributed by atoms with E-state index in [4.69, 9.17) is 19.9 Å². The Morgan fingerprint density at radius 3 is 2.27 bits per heavy atom. The average molecular weight is 352 g/mol. The fourth-order valence-corrected chi connectivity index (χ4v) is 2.56. The van der Waals surface area contributed by atoms with Crippen LogP contribution >= 0.6 is 0 Å². The van der Waals surface area contributed by atoms with Crippen LogP contribution in [0.2, 0.25) is 0 Å². The van der Waals surface area contributed by atoms with E-state index in [0.29, 0.717) is 28.8 Å². The maximum atomic E-state index is 5.85. The molecule has 7 heteroatoms. The van der Waals surface area contributed by atoms with Crippen LogP contribution in [0, 0.1) is 0 Å². The minimum atomic E-state index is 0.528. The Kier molecular flexibility index (Phi) is 5.07. The van der Waals surface area contributed by atoms with Crippen molar-refractivity contribution in [2.24, 2.45) is 0 Å². The third-order valence-electron chi connectivity index (χ3n) is 3.75. The van der Waals surface area contributed by atoms with Crippen molar-refractivity contribution in [3.05, 3.63) is 48.8 Å². The van der Waals surface area contributed by atoms with Crippen molar-refractivity contribution in [2.75, 3.05) is 32.4 Å². The van der Waals surface area contributed by atoms with Gasteiger partial charge in [-0.2, -0.15) is 0 Å². The highest BCUT2D eigenvalue weighted by molar-refractivity contribution is 5.68. The predicted octanol–water partition coefficient (Wildman–Crippen LogP) is 3.50. The fourth-order valence-electron chi connectivity index (χ4n) is 2.56. The van der Waals surface area contributed by atoms with Gasteiger partial charge in [-0.25, -0.2) is 4.98 Å². The van der Waals surface area contributed by atoms with Gasteiger partial charge < -0.3 is 25.3 Å². The molecule has 0 saturated heterocycles. The number of rotatable bonds is 6. The first-order valence-corrected chi connectivity index (χ1v) is 7.89. The van der Waals surface area contributed by atoms with Crippen molar-refractivity contribution in [3.8, 4) is 28.5 Å². The third-order valence-corrected chi connectivity index (χ3v) is 3.75. The van der Waals surface area contributed by atoms with E-state index in [-0.39, 0.29) is 0 Å². The second kappa shape index (κ2) is 7.60. The number of benzene rings is 2. The van der Waals surface area contributed by atoms with Gasteiger partial charge in [0.2, 0.25) is 5.75 Å². The average Bonchev–Trinajstić information content (AvgIpc) is 2.67. The van der Waals surface area contributed by atoms with E-state index in [2.05, 4.69) is 15.3 Å². The van der Waals surface area contributed by atoms with Gasteiger partial charge in [0.1, 0.15) is 5.82 Å². The molecule has 3 N–H and O–H groups in total. The number of methoxy groups -OCH3 is 3. The highest BCUT2D eigenvalue weighted by atomic mass is 16.5. The lowest BCUT2D eigenvalue weighted by atomic mass is 10.1. The molecule has 0 bridgehead atoms. The summed E-state index contributed by atoms with van der Waals surface area (Å²) in [5.74, 6) is 2.21. The Labute approximate surface area is 151 Å². The van der Waals surface area contributed by atoms with Gasteiger partial charge in [0.15, 0.2) is 11.5 Å². The van der Waals surface area contributed by atoms with Crippen LogP contribution < -0.4 is 25.3 Å². The maximum absolute atomic E-state index is 5.85. The quantitative estimate of drug-likeness (QED) is 0.656. The monoisotopic (exact) mass is 352 g/mol. The molecular weight excluding hydrogens is 332 g/mol. The van der Waals surface area contributed by atoms with Crippen LogP contribution in [0.3, 0.4) is 0 Å². The molecule has 0 fully saturated rings. The molecule has 3 aromatic rings. The summed E-state index contributed by atoms with van der Waals surface area (Å²) in [6.07, 6.45) is 3.33. The number of anilines is 3. The predicted molar refractivity (Wildman–Crippen MR) is 101 cm³/mol. The van der Waals surface area contributed by atoms with Crippen LogP contribution in [0.4, 0.5) is 17.2 Å². The number of ether oxygens (including phenoxy) is 3. The molecule has 0 saturated carbocycles. The van der Waals surface area contributed by atoms with Gasteiger partial charge in [-0.05, 0) is 12.1 Å². The lowest BCUT2D eigenvalue weighted by Crippen LogP contribution is -2.00. The van der Waals surface area contributed by atoms with E-state index < -0.39 is 0 Å². The lowest BCUT2D eigenvalue weighted by molar-refractivity contribution is 0.324. The third kappa shape index (κ3) is 3.61. The molecule has 0 aliphatic heterocycles. The Morgan fingerprint density at radius 1 is 0.923 bits per heavy atom. The number of nitrogens with two attached hydrogens (primary N) is 1. The molecule has 134 valence electrons. The largest absolute Gasteiger partial charge is 0.493 e. The van der Waals surface area contributed by atoms with Gasteiger partial charge in [-0.3, -0.25) is 4.98 Å². The molecule has 0 spiro atoms. The van der Waals surface area contributed by atoms with E-state index in [0.717, 1.165) is 16.9 Å². The number of aromatic nitrogens is 2. The summed E-state index contributed by atoms with van der Waals surface area (Å²) in [6.45, 7) is 0. The van der Waals surface area contributed by atoms with Crippen molar-refractivity contribution in [1.29, 1.82) is 0 Å².